The molecule has 0 N–H and O–H groups in total. The van der Waals surface area contributed by atoms with Crippen molar-refractivity contribution >= 4 is 0 Å². The van der Waals surface area contributed by atoms with E-state index in [1.807, 2.05) is 20.9 Å². The van der Waals surface area contributed by atoms with Crippen molar-refractivity contribution in [3.8, 4) is 0 Å². The van der Waals surface area contributed by atoms with E-state index in [0.717, 1.165) is 13.1 Å². The minimum atomic E-state index is -0.839. The number of allylic oxidation sites excluding steroid dienone is 1. The first-order valence-corrected chi connectivity index (χ1v) is 4.65. The molecule has 12 heavy (non-hydrogen) atoms. The molecular formula is C10H22FN. The van der Waals surface area contributed by atoms with Crippen LogP contribution in [-0.2, 0) is 0 Å². The van der Waals surface area contributed by atoms with Crippen LogP contribution in [0.2, 0.25) is 0 Å². The lowest BCUT2D eigenvalue weighted by Gasteiger charge is -2.13. The zero-order valence-electron chi connectivity index (χ0n) is 8.81. The second kappa shape index (κ2) is 10.6. The molecule has 0 aromatic rings. The Balaban J connectivity index is 0. The van der Waals surface area contributed by atoms with Crippen LogP contribution in [0.4, 0.5) is 4.39 Å². The second-order valence-corrected chi connectivity index (χ2v) is 2.44. The van der Waals surface area contributed by atoms with Crippen molar-refractivity contribution in [2.75, 3.05) is 20.1 Å². The molecular weight excluding hydrogens is 153 g/mol. The van der Waals surface area contributed by atoms with Crippen LogP contribution in [-0.4, -0.2) is 31.2 Å². The Labute approximate surface area is 76.3 Å². The smallest absolute Gasteiger partial charge is 0.119 e. The maximum Gasteiger partial charge on any atom is 0.119 e. The summed E-state index contributed by atoms with van der Waals surface area (Å²) in [6.07, 6.45) is 1.08. The summed E-state index contributed by atoms with van der Waals surface area (Å²) in [5.74, 6) is 0. The van der Waals surface area contributed by atoms with Crippen LogP contribution < -0.4 is 0 Å². The van der Waals surface area contributed by atoms with Gasteiger partial charge in [-0.3, -0.25) is 0 Å². The average molecular weight is 175 g/mol. The van der Waals surface area contributed by atoms with Gasteiger partial charge in [0.2, 0.25) is 0 Å². The van der Waals surface area contributed by atoms with Crippen molar-refractivity contribution in [1.29, 1.82) is 0 Å². The van der Waals surface area contributed by atoms with Crippen LogP contribution >= 0.6 is 0 Å². The van der Waals surface area contributed by atoms with Gasteiger partial charge in [-0.1, -0.05) is 26.8 Å². The molecule has 0 saturated heterocycles. The van der Waals surface area contributed by atoms with Crippen molar-refractivity contribution in [2.45, 2.75) is 33.4 Å². The largest absolute Gasteiger partial charge is 0.307 e. The molecule has 1 atom stereocenters. The molecule has 0 heterocycles. The summed E-state index contributed by atoms with van der Waals surface area (Å²) in [7, 11) is 1.98. The molecule has 74 valence electrons. The summed E-state index contributed by atoms with van der Waals surface area (Å²) in [6.45, 7) is 11.2. The zero-order chi connectivity index (χ0) is 9.98. The second-order valence-electron chi connectivity index (χ2n) is 2.44. The number of halogens is 1. The fourth-order valence-electron chi connectivity index (χ4n) is 0.620. The van der Waals surface area contributed by atoms with Crippen molar-refractivity contribution in [2.24, 2.45) is 0 Å². The lowest BCUT2D eigenvalue weighted by Crippen LogP contribution is -2.20. The zero-order valence-corrected chi connectivity index (χ0v) is 8.81. The Bertz CT molecular complexity index is 93.8. The Hall–Kier alpha value is -0.370. The number of nitrogens with zero attached hydrogens (tertiary/aromatic N) is 1. The van der Waals surface area contributed by atoms with Gasteiger partial charge in [-0.15, -0.1) is 6.58 Å². The molecule has 0 aliphatic carbocycles. The number of hydrogen-bond acceptors (Lipinski definition) is 1. The van der Waals surface area contributed by atoms with Crippen molar-refractivity contribution in [3.63, 3.8) is 0 Å². The van der Waals surface area contributed by atoms with E-state index in [1.54, 1.807) is 0 Å². The van der Waals surface area contributed by atoms with Gasteiger partial charge in [0.1, 0.15) is 6.17 Å². The molecule has 0 aliphatic heterocycles. The van der Waals surface area contributed by atoms with Gasteiger partial charge < -0.3 is 4.90 Å². The van der Waals surface area contributed by atoms with E-state index >= 15 is 0 Å². The van der Waals surface area contributed by atoms with Crippen LogP contribution in [0.1, 0.15) is 27.2 Å². The fourth-order valence-corrected chi connectivity index (χ4v) is 0.620. The molecule has 0 rings (SSSR count). The Morgan fingerprint density at radius 2 is 2.00 bits per heavy atom. The van der Waals surface area contributed by atoms with Gasteiger partial charge in [0.15, 0.2) is 0 Å². The summed E-state index contributed by atoms with van der Waals surface area (Å²) in [5.41, 5.74) is 0. The summed E-state index contributed by atoms with van der Waals surface area (Å²) >= 11 is 0. The minimum Gasteiger partial charge on any atom is -0.307 e. The molecule has 0 saturated carbocycles. The highest BCUT2D eigenvalue weighted by Crippen LogP contribution is 1.99. The molecule has 0 amide bonds. The highest BCUT2D eigenvalue weighted by atomic mass is 19.1. The van der Waals surface area contributed by atoms with Crippen molar-refractivity contribution in [1.82, 2.24) is 4.90 Å². The number of hydrogen-bond donors (Lipinski definition) is 0. The van der Waals surface area contributed by atoms with Gasteiger partial charge >= 0.3 is 0 Å². The third kappa shape index (κ3) is 9.63. The Morgan fingerprint density at radius 3 is 2.33 bits per heavy atom. The molecule has 0 aliphatic rings. The van der Waals surface area contributed by atoms with Gasteiger partial charge in [-0.25, -0.2) is 4.39 Å². The molecule has 0 aromatic heterocycles. The van der Waals surface area contributed by atoms with E-state index in [9.17, 15) is 4.39 Å². The van der Waals surface area contributed by atoms with Crippen molar-refractivity contribution < 1.29 is 4.39 Å². The first kappa shape index (κ1) is 14.2. The van der Waals surface area contributed by atoms with Crippen LogP contribution in [0.15, 0.2) is 12.7 Å². The topological polar surface area (TPSA) is 3.24 Å². The molecule has 0 radical (unpaired) electrons. The maximum atomic E-state index is 12.5. The minimum absolute atomic E-state index is 0.563. The molecule has 0 bridgehead atoms. The number of rotatable bonds is 5. The standard InChI is InChI=1S/C8H16FN.C2H6/c1-4-8(9)6-7-10(3)5-2;1-2/h4,8H,1,5-7H2,2-3H3;1-2H3. The fraction of sp³-hybridized carbons (Fsp3) is 0.800. The van der Waals surface area contributed by atoms with E-state index in [4.69, 9.17) is 0 Å². The van der Waals surface area contributed by atoms with E-state index < -0.39 is 6.17 Å². The predicted octanol–water partition coefficient (Wildman–Crippen LogP) is 2.88. The summed E-state index contributed by atoms with van der Waals surface area (Å²) in [6, 6.07) is 0. The van der Waals surface area contributed by atoms with E-state index in [1.165, 1.54) is 6.08 Å². The monoisotopic (exact) mass is 175 g/mol. The SMILES string of the molecule is C=CC(F)CCN(C)CC.CC. The highest BCUT2D eigenvalue weighted by Gasteiger charge is 2.01. The van der Waals surface area contributed by atoms with Crippen molar-refractivity contribution in [3.05, 3.63) is 12.7 Å². The normalized spacial score (nSPS) is 11.8. The van der Waals surface area contributed by atoms with Crippen LogP contribution in [0.25, 0.3) is 0 Å². The molecule has 0 fully saturated rings. The molecule has 1 unspecified atom stereocenters. The molecule has 0 spiro atoms. The Kier molecular flexibility index (Phi) is 12.6. The third-order valence-corrected chi connectivity index (χ3v) is 1.58. The van der Waals surface area contributed by atoms with Gasteiger partial charge in [0, 0.05) is 6.54 Å². The Morgan fingerprint density at radius 1 is 1.50 bits per heavy atom. The molecule has 0 aromatic carbocycles. The quantitative estimate of drug-likeness (QED) is 0.581. The molecule has 2 heteroatoms. The van der Waals surface area contributed by atoms with E-state index in [-0.39, 0.29) is 0 Å². The van der Waals surface area contributed by atoms with Crippen LogP contribution in [0.3, 0.4) is 0 Å². The first-order valence-electron chi connectivity index (χ1n) is 4.65. The van der Waals surface area contributed by atoms with Gasteiger partial charge in [-0.2, -0.15) is 0 Å². The van der Waals surface area contributed by atoms with E-state index in [2.05, 4.69) is 18.4 Å². The summed E-state index contributed by atoms with van der Waals surface area (Å²) in [5, 5.41) is 0. The number of alkyl halides is 1. The molecule has 1 nitrogen and oxygen atoms in total. The average Bonchev–Trinajstić information content (AvgIpc) is 2.16. The third-order valence-electron chi connectivity index (χ3n) is 1.58. The van der Waals surface area contributed by atoms with E-state index in [0.29, 0.717) is 6.42 Å². The lowest BCUT2D eigenvalue weighted by atomic mass is 10.2. The lowest BCUT2D eigenvalue weighted by molar-refractivity contribution is 0.291. The summed E-state index contributed by atoms with van der Waals surface area (Å²) in [4.78, 5) is 2.08. The van der Waals surface area contributed by atoms with Gasteiger partial charge in [0.05, 0.1) is 0 Å². The van der Waals surface area contributed by atoms with Gasteiger partial charge in [0.25, 0.3) is 0 Å². The maximum absolute atomic E-state index is 12.5. The predicted molar refractivity (Wildman–Crippen MR) is 54.2 cm³/mol. The van der Waals surface area contributed by atoms with Crippen LogP contribution in [0, 0.1) is 0 Å². The summed E-state index contributed by atoms with van der Waals surface area (Å²) < 4.78 is 12.5. The van der Waals surface area contributed by atoms with Crippen LogP contribution in [0.5, 0.6) is 0 Å². The highest BCUT2D eigenvalue weighted by molar-refractivity contribution is 4.78. The first-order chi connectivity index (χ1) is 5.70. The van der Waals surface area contributed by atoms with Gasteiger partial charge in [-0.05, 0) is 20.0 Å².